The number of hydrogen-bond acceptors (Lipinski definition) is 6. The number of nitrogens with zero attached hydrogens (tertiary/aromatic N) is 1. The number of rotatable bonds is 2. The van der Waals surface area contributed by atoms with Gasteiger partial charge in [-0.3, -0.25) is 0 Å². The van der Waals surface area contributed by atoms with Gasteiger partial charge in [-0.1, -0.05) is 5.18 Å². The van der Waals surface area contributed by atoms with E-state index in [1.165, 1.54) is 0 Å². The summed E-state index contributed by atoms with van der Waals surface area (Å²) in [5.41, 5.74) is 0. The number of hydrogen-bond donors (Lipinski definition) is 3. The molecular formula is C7H13NO5. The van der Waals surface area contributed by atoms with Gasteiger partial charge in [0.2, 0.25) is 0 Å². The predicted octanol–water partition coefficient (Wildman–Crippen LogP) is -1.38. The van der Waals surface area contributed by atoms with Crippen molar-refractivity contribution in [1.82, 2.24) is 0 Å². The second-order valence-corrected chi connectivity index (χ2v) is 3.14. The summed E-state index contributed by atoms with van der Waals surface area (Å²) < 4.78 is 5.07. The van der Waals surface area contributed by atoms with Crippen LogP contribution in [0.3, 0.4) is 0 Å². The fourth-order valence-corrected chi connectivity index (χ4v) is 1.44. The van der Waals surface area contributed by atoms with Crippen LogP contribution in [0.1, 0.15) is 6.92 Å². The first-order valence-electron chi connectivity index (χ1n) is 4.06. The highest BCUT2D eigenvalue weighted by molar-refractivity contribution is 4.94. The van der Waals surface area contributed by atoms with Crippen LogP contribution < -0.4 is 0 Å². The van der Waals surface area contributed by atoms with Crippen LogP contribution in [0, 0.1) is 4.91 Å². The molecule has 6 nitrogen and oxygen atoms in total. The Morgan fingerprint density at radius 2 is 2.00 bits per heavy atom. The molecule has 1 heterocycles. The largest absolute Gasteiger partial charge is 0.394 e. The zero-order chi connectivity index (χ0) is 10.0. The van der Waals surface area contributed by atoms with E-state index in [0.717, 1.165) is 0 Å². The number of aliphatic hydroxyl groups is 3. The summed E-state index contributed by atoms with van der Waals surface area (Å²) in [4.78, 5) is 10.3. The van der Waals surface area contributed by atoms with Gasteiger partial charge in [0.1, 0.15) is 24.4 Å². The summed E-state index contributed by atoms with van der Waals surface area (Å²) in [7, 11) is 0. The number of ether oxygens (including phenoxy) is 1. The van der Waals surface area contributed by atoms with Crippen LogP contribution in [0.4, 0.5) is 0 Å². The molecule has 0 bridgehead atoms. The minimum Gasteiger partial charge on any atom is -0.394 e. The Bertz CT molecular complexity index is 188. The van der Waals surface area contributed by atoms with Gasteiger partial charge in [-0.25, -0.2) is 0 Å². The molecule has 0 amide bonds. The molecule has 0 aliphatic carbocycles. The summed E-state index contributed by atoms with van der Waals surface area (Å²) in [6.45, 7) is 1.16. The molecule has 5 atom stereocenters. The van der Waals surface area contributed by atoms with E-state index in [9.17, 15) is 15.1 Å². The maximum atomic E-state index is 10.3. The second-order valence-electron chi connectivity index (χ2n) is 3.14. The lowest BCUT2D eigenvalue weighted by Gasteiger charge is -2.37. The minimum atomic E-state index is -1.27. The van der Waals surface area contributed by atoms with Crippen LogP contribution in [-0.2, 0) is 4.74 Å². The van der Waals surface area contributed by atoms with Gasteiger partial charge in [0.15, 0.2) is 0 Å². The summed E-state index contributed by atoms with van der Waals surface area (Å²) in [6.07, 6.45) is -3.96. The van der Waals surface area contributed by atoms with Crippen molar-refractivity contribution in [3.63, 3.8) is 0 Å². The summed E-state index contributed by atoms with van der Waals surface area (Å²) >= 11 is 0. The molecule has 1 saturated heterocycles. The fraction of sp³-hybridized carbons (Fsp3) is 1.00. The molecule has 0 aromatic carbocycles. The molecule has 1 aliphatic rings. The molecule has 0 saturated carbocycles. The Labute approximate surface area is 75.1 Å². The third kappa shape index (κ3) is 1.86. The third-order valence-electron chi connectivity index (χ3n) is 2.25. The van der Waals surface area contributed by atoms with Crippen molar-refractivity contribution >= 4 is 0 Å². The number of nitroso groups, excluding NO2 is 1. The SMILES string of the molecule is CC1OC(CO)C(O)C(O)C1N=O. The smallest absolute Gasteiger partial charge is 0.146 e. The second kappa shape index (κ2) is 4.10. The Hall–Kier alpha value is -0.560. The van der Waals surface area contributed by atoms with Crippen molar-refractivity contribution in [1.29, 1.82) is 0 Å². The highest BCUT2D eigenvalue weighted by Gasteiger charge is 2.43. The molecule has 3 N–H and O–H groups in total. The molecule has 13 heavy (non-hydrogen) atoms. The van der Waals surface area contributed by atoms with Crippen LogP contribution in [0.25, 0.3) is 0 Å². The van der Waals surface area contributed by atoms with E-state index in [-0.39, 0.29) is 0 Å². The third-order valence-corrected chi connectivity index (χ3v) is 2.25. The van der Waals surface area contributed by atoms with E-state index in [4.69, 9.17) is 9.84 Å². The minimum absolute atomic E-state index is 0.395. The first kappa shape index (κ1) is 10.5. The van der Waals surface area contributed by atoms with Crippen molar-refractivity contribution in [2.24, 2.45) is 5.18 Å². The molecule has 0 radical (unpaired) electrons. The molecule has 76 valence electrons. The van der Waals surface area contributed by atoms with Gasteiger partial charge in [0.25, 0.3) is 0 Å². The standard InChI is InChI=1S/C7H13NO5/c1-3-5(8-12)7(11)6(10)4(2-9)13-3/h3-7,9-11H,2H2,1H3. The van der Waals surface area contributed by atoms with Crippen molar-refractivity contribution in [3.05, 3.63) is 4.91 Å². The lowest BCUT2D eigenvalue weighted by atomic mass is 9.94. The zero-order valence-corrected chi connectivity index (χ0v) is 7.20. The highest BCUT2D eigenvalue weighted by atomic mass is 16.5. The Kier molecular flexibility index (Phi) is 3.32. The van der Waals surface area contributed by atoms with Crippen molar-refractivity contribution < 1.29 is 20.1 Å². The van der Waals surface area contributed by atoms with E-state index < -0.39 is 37.1 Å². The summed E-state index contributed by atoms with van der Waals surface area (Å²) in [5.74, 6) is 0. The van der Waals surface area contributed by atoms with Crippen molar-refractivity contribution in [2.45, 2.75) is 37.4 Å². The Morgan fingerprint density at radius 1 is 1.38 bits per heavy atom. The molecule has 0 spiro atoms. The molecule has 5 unspecified atom stereocenters. The topological polar surface area (TPSA) is 99.3 Å². The average molecular weight is 191 g/mol. The number of aliphatic hydroxyl groups excluding tert-OH is 3. The van der Waals surface area contributed by atoms with Crippen molar-refractivity contribution in [3.8, 4) is 0 Å². The van der Waals surface area contributed by atoms with Crippen LogP contribution in [0.15, 0.2) is 5.18 Å². The van der Waals surface area contributed by atoms with E-state index in [0.29, 0.717) is 0 Å². The van der Waals surface area contributed by atoms with Gasteiger partial charge in [-0.05, 0) is 6.92 Å². The van der Waals surface area contributed by atoms with Gasteiger partial charge >= 0.3 is 0 Å². The highest BCUT2D eigenvalue weighted by Crippen LogP contribution is 2.22. The maximum Gasteiger partial charge on any atom is 0.146 e. The van der Waals surface area contributed by atoms with Crippen molar-refractivity contribution in [2.75, 3.05) is 6.61 Å². The van der Waals surface area contributed by atoms with E-state index >= 15 is 0 Å². The monoisotopic (exact) mass is 191 g/mol. The average Bonchev–Trinajstić information content (AvgIpc) is 2.12. The lowest BCUT2D eigenvalue weighted by molar-refractivity contribution is -0.183. The molecule has 6 heteroatoms. The van der Waals surface area contributed by atoms with E-state index in [1.807, 2.05) is 0 Å². The quantitative estimate of drug-likeness (QED) is 0.467. The van der Waals surface area contributed by atoms with Gasteiger partial charge in [-0.15, -0.1) is 0 Å². The van der Waals surface area contributed by atoms with E-state index in [1.54, 1.807) is 6.92 Å². The Morgan fingerprint density at radius 3 is 2.46 bits per heavy atom. The molecule has 1 rings (SSSR count). The molecule has 1 aliphatic heterocycles. The zero-order valence-electron chi connectivity index (χ0n) is 7.20. The first-order chi connectivity index (χ1) is 6.11. The molecular weight excluding hydrogens is 178 g/mol. The van der Waals surface area contributed by atoms with Gasteiger partial charge in [0, 0.05) is 0 Å². The predicted molar refractivity (Wildman–Crippen MR) is 43.0 cm³/mol. The fourth-order valence-electron chi connectivity index (χ4n) is 1.44. The summed E-state index contributed by atoms with van der Waals surface area (Å²) in [5, 5.41) is 30.1. The summed E-state index contributed by atoms with van der Waals surface area (Å²) in [6, 6.07) is -0.974. The Balaban J connectivity index is 2.72. The van der Waals surface area contributed by atoms with Crippen LogP contribution in [0.5, 0.6) is 0 Å². The van der Waals surface area contributed by atoms with Gasteiger partial charge < -0.3 is 20.1 Å². The van der Waals surface area contributed by atoms with Crippen LogP contribution in [0.2, 0.25) is 0 Å². The normalized spacial score (nSPS) is 46.0. The lowest BCUT2D eigenvalue weighted by Crippen LogP contribution is -2.56. The van der Waals surface area contributed by atoms with Gasteiger partial charge in [-0.2, -0.15) is 4.91 Å². The molecule has 0 aromatic rings. The van der Waals surface area contributed by atoms with Gasteiger partial charge in [0.05, 0.1) is 12.7 Å². The van der Waals surface area contributed by atoms with Crippen LogP contribution in [-0.4, -0.2) is 52.4 Å². The van der Waals surface area contributed by atoms with Crippen LogP contribution >= 0.6 is 0 Å². The molecule has 1 fully saturated rings. The first-order valence-corrected chi connectivity index (χ1v) is 4.06. The maximum absolute atomic E-state index is 10.3. The molecule has 0 aromatic heterocycles. The van der Waals surface area contributed by atoms with E-state index in [2.05, 4.69) is 5.18 Å².